The molecular formula is C17H18ClFN4O. The number of carbonyl (C=O) groups is 1. The van der Waals surface area contributed by atoms with E-state index in [-0.39, 0.29) is 10.9 Å². The molecule has 126 valence electrons. The molecule has 1 aromatic heterocycles. The van der Waals surface area contributed by atoms with Crippen molar-refractivity contribution in [3.63, 3.8) is 0 Å². The number of aromatic nitrogens is 3. The van der Waals surface area contributed by atoms with Crippen molar-refractivity contribution in [2.45, 2.75) is 37.6 Å². The molecule has 1 aliphatic heterocycles. The molecule has 0 unspecified atom stereocenters. The predicted octanol–water partition coefficient (Wildman–Crippen LogP) is 3.43. The van der Waals surface area contributed by atoms with E-state index in [9.17, 15) is 9.18 Å². The Morgan fingerprint density at radius 2 is 1.96 bits per heavy atom. The Morgan fingerprint density at radius 3 is 2.62 bits per heavy atom. The quantitative estimate of drug-likeness (QED) is 0.854. The van der Waals surface area contributed by atoms with Crippen LogP contribution in [0.25, 0.3) is 0 Å². The zero-order valence-electron chi connectivity index (χ0n) is 13.2. The summed E-state index contributed by atoms with van der Waals surface area (Å²) in [6, 6.07) is 4.47. The Labute approximate surface area is 144 Å². The maximum atomic E-state index is 13.2. The van der Waals surface area contributed by atoms with Crippen LogP contribution in [0.4, 0.5) is 4.39 Å². The minimum absolute atomic E-state index is 0.0192. The summed E-state index contributed by atoms with van der Waals surface area (Å²) in [5.74, 6) is 1.05. The molecule has 1 aromatic carbocycles. The maximum absolute atomic E-state index is 13.2. The Morgan fingerprint density at radius 1 is 1.21 bits per heavy atom. The van der Waals surface area contributed by atoms with Gasteiger partial charge in [0.15, 0.2) is 0 Å². The van der Waals surface area contributed by atoms with E-state index in [1.165, 1.54) is 31.0 Å². The molecule has 0 atom stereocenters. The Kier molecular flexibility index (Phi) is 4.00. The molecule has 0 N–H and O–H groups in total. The van der Waals surface area contributed by atoms with E-state index in [1.807, 2.05) is 6.33 Å². The lowest BCUT2D eigenvalue weighted by molar-refractivity contribution is 0.0693. The van der Waals surface area contributed by atoms with E-state index < -0.39 is 5.82 Å². The van der Waals surface area contributed by atoms with E-state index in [4.69, 9.17) is 11.6 Å². The first-order chi connectivity index (χ1) is 11.6. The average molecular weight is 349 g/mol. The first-order valence-corrected chi connectivity index (χ1v) is 8.65. The highest BCUT2D eigenvalue weighted by Gasteiger charge is 2.32. The predicted molar refractivity (Wildman–Crippen MR) is 87.6 cm³/mol. The van der Waals surface area contributed by atoms with Gasteiger partial charge in [-0.3, -0.25) is 4.79 Å². The number of hydrogen-bond acceptors (Lipinski definition) is 3. The third-order valence-electron chi connectivity index (χ3n) is 4.85. The van der Waals surface area contributed by atoms with Crippen molar-refractivity contribution < 1.29 is 9.18 Å². The normalized spacial score (nSPS) is 18.8. The lowest BCUT2D eigenvalue weighted by Crippen LogP contribution is -2.39. The van der Waals surface area contributed by atoms with Crippen LogP contribution in [0.1, 0.15) is 53.8 Å². The van der Waals surface area contributed by atoms with Crippen LogP contribution < -0.4 is 0 Å². The van der Waals surface area contributed by atoms with Crippen molar-refractivity contribution in [2.24, 2.45) is 0 Å². The van der Waals surface area contributed by atoms with Gasteiger partial charge >= 0.3 is 0 Å². The van der Waals surface area contributed by atoms with Crippen molar-refractivity contribution in [1.29, 1.82) is 0 Å². The fraction of sp³-hybridized carbons (Fsp3) is 0.471. The summed E-state index contributed by atoms with van der Waals surface area (Å²) >= 11 is 5.78. The molecule has 2 fully saturated rings. The molecule has 2 aliphatic rings. The first-order valence-electron chi connectivity index (χ1n) is 8.27. The molecule has 4 rings (SSSR count). The summed E-state index contributed by atoms with van der Waals surface area (Å²) in [5.41, 5.74) is 0.433. The standard InChI is InChI=1S/C17H18ClFN4O/c18-14-9-12(3-4-15(14)19)17(24)22-7-5-13(6-8-22)23-10-20-21-16(23)11-1-2-11/h3-4,9-11,13H,1-2,5-8H2. The van der Waals surface area contributed by atoms with E-state index in [2.05, 4.69) is 14.8 Å². The van der Waals surface area contributed by atoms with E-state index >= 15 is 0 Å². The molecule has 2 aromatic rings. The summed E-state index contributed by atoms with van der Waals surface area (Å²) < 4.78 is 15.4. The molecule has 24 heavy (non-hydrogen) atoms. The topological polar surface area (TPSA) is 51.0 Å². The molecule has 1 aliphatic carbocycles. The molecule has 0 bridgehead atoms. The number of carbonyl (C=O) groups excluding carboxylic acids is 1. The highest BCUT2D eigenvalue weighted by atomic mass is 35.5. The average Bonchev–Trinajstić information content (AvgIpc) is 3.33. The first kappa shape index (κ1) is 15.6. The number of amides is 1. The van der Waals surface area contributed by atoms with Crippen molar-refractivity contribution in [3.05, 3.63) is 46.8 Å². The fourth-order valence-electron chi connectivity index (χ4n) is 3.33. The Hall–Kier alpha value is -1.95. The molecule has 1 saturated carbocycles. The maximum Gasteiger partial charge on any atom is 0.253 e. The molecular weight excluding hydrogens is 331 g/mol. The number of nitrogens with zero attached hydrogens (tertiary/aromatic N) is 4. The van der Waals surface area contributed by atoms with Gasteiger partial charge in [0, 0.05) is 30.6 Å². The van der Waals surface area contributed by atoms with Gasteiger partial charge in [-0.15, -0.1) is 10.2 Å². The number of halogens is 2. The van der Waals surface area contributed by atoms with Gasteiger partial charge in [0.05, 0.1) is 5.02 Å². The molecule has 2 heterocycles. The van der Waals surface area contributed by atoms with Gasteiger partial charge in [-0.05, 0) is 43.9 Å². The van der Waals surface area contributed by atoms with Crippen molar-refractivity contribution in [1.82, 2.24) is 19.7 Å². The second kappa shape index (κ2) is 6.16. The van der Waals surface area contributed by atoms with Crippen LogP contribution in [0.3, 0.4) is 0 Å². The second-order valence-electron chi connectivity index (χ2n) is 6.52. The minimum Gasteiger partial charge on any atom is -0.338 e. The number of hydrogen-bond donors (Lipinski definition) is 0. The Balaban J connectivity index is 1.43. The zero-order chi connectivity index (χ0) is 16.7. The minimum atomic E-state index is -0.507. The Bertz CT molecular complexity index is 766. The van der Waals surface area contributed by atoms with Gasteiger partial charge in [0.25, 0.3) is 5.91 Å². The number of piperidine rings is 1. The number of likely N-dealkylation sites (tertiary alicyclic amines) is 1. The van der Waals surface area contributed by atoms with Crippen molar-refractivity contribution in [3.8, 4) is 0 Å². The summed E-state index contributed by atoms with van der Waals surface area (Å²) in [7, 11) is 0. The van der Waals surface area contributed by atoms with Crippen LogP contribution in [0, 0.1) is 5.82 Å². The summed E-state index contributed by atoms with van der Waals surface area (Å²) in [6.07, 6.45) is 5.95. The third kappa shape index (κ3) is 2.90. The van der Waals surface area contributed by atoms with Crippen LogP contribution in [0.2, 0.25) is 5.02 Å². The van der Waals surface area contributed by atoms with Crippen LogP contribution in [0.15, 0.2) is 24.5 Å². The van der Waals surface area contributed by atoms with Gasteiger partial charge in [0.1, 0.15) is 18.0 Å². The molecule has 1 saturated heterocycles. The van der Waals surface area contributed by atoms with Crippen LogP contribution >= 0.6 is 11.6 Å². The highest BCUT2D eigenvalue weighted by molar-refractivity contribution is 6.31. The van der Waals surface area contributed by atoms with Gasteiger partial charge < -0.3 is 9.47 Å². The van der Waals surface area contributed by atoms with E-state index in [1.54, 1.807) is 4.90 Å². The summed E-state index contributed by atoms with van der Waals surface area (Å²) in [5, 5.41) is 8.30. The van der Waals surface area contributed by atoms with Crippen LogP contribution in [-0.2, 0) is 0 Å². The van der Waals surface area contributed by atoms with Crippen molar-refractivity contribution in [2.75, 3.05) is 13.1 Å². The summed E-state index contributed by atoms with van der Waals surface area (Å²) in [4.78, 5) is 14.4. The molecule has 5 nitrogen and oxygen atoms in total. The second-order valence-corrected chi connectivity index (χ2v) is 6.93. The molecule has 0 radical (unpaired) electrons. The zero-order valence-corrected chi connectivity index (χ0v) is 13.9. The summed E-state index contributed by atoms with van der Waals surface area (Å²) in [6.45, 7) is 1.33. The number of rotatable bonds is 3. The van der Waals surface area contributed by atoms with E-state index in [0.29, 0.717) is 30.6 Å². The molecule has 1 amide bonds. The third-order valence-corrected chi connectivity index (χ3v) is 5.14. The molecule has 0 spiro atoms. The largest absolute Gasteiger partial charge is 0.338 e. The van der Waals surface area contributed by atoms with E-state index in [0.717, 1.165) is 18.7 Å². The lowest BCUT2D eigenvalue weighted by atomic mass is 10.0. The lowest BCUT2D eigenvalue weighted by Gasteiger charge is -2.33. The van der Waals surface area contributed by atoms with Crippen molar-refractivity contribution >= 4 is 17.5 Å². The van der Waals surface area contributed by atoms with Crippen LogP contribution in [-0.4, -0.2) is 38.7 Å². The monoisotopic (exact) mass is 348 g/mol. The van der Waals surface area contributed by atoms with Crippen LogP contribution in [0.5, 0.6) is 0 Å². The number of benzene rings is 1. The SMILES string of the molecule is O=C(c1ccc(F)c(Cl)c1)N1CCC(n2cnnc2C2CC2)CC1. The fourth-order valence-corrected chi connectivity index (χ4v) is 3.51. The smallest absolute Gasteiger partial charge is 0.253 e. The molecule has 7 heteroatoms. The van der Waals surface area contributed by atoms with Gasteiger partial charge in [-0.1, -0.05) is 11.6 Å². The van der Waals surface area contributed by atoms with Gasteiger partial charge in [-0.2, -0.15) is 0 Å². The van der Waals surface area contributed by atoms with Gasteiger partial charge in [-0.25, -0.2) is 4.39 Å². The van der Waals surface area contributed by atoms with Gasteiger partial charge in [0.2, 0.25) is 0 Å². The highest BCUT2D eigenvalue weighted by Crippen LogP contribution is 2.40.